The molecule has 1 aromatic heterocycles. The van der Waals surface area contributed by atoms with Crippen molar-refractivity contribution in [3.05, 3.63) is 55.2 Å². The molecule has 0 spiro atoms. The van der Waals surface area contributed by atoms with E-state index in [2.05, 4.69) is 86.2 Å². The summed E-state index contributed by atoms with van der Waals surface area (Å²) in [5.41, 5.74) is 2.89. The van der Waals surface area contributed by atoms with Crippen LogP contribution in [0.4, 0.5) is 0 Å². The third-order valence-electron chi connectivity index (χ3n) is 6.09. The summed E-state index contributed by atoms with van der Waals surface area (Å²) >= 11 is 1.96. The minimum Gasteiger partial charge on any atom is -0.663 e. The number of benzene rings is 1. The fraction of sp³-hybridized carbons (Fsp3) is 0.552. The van der Waals surface area contributed by atoms with Gasteiger partial charge < -0.3 is 24.6 Å². The van der Waals surface area contributed by atoms with E-state index in [1.807, 2.05) is 11.3 Å². The van der Waals surface area contributed by atoms with E-state index in [0.29, 0.717) is 0 Å². The molecule has 3 aromatic rings. The Hall–Kier alpha value is -0.359. The van der Waals surface area contributed by atoms with E-state index in [1.165, 1.54) is 50.2 Å². The van der Waals surface area contributed by atoms with Gasteiger partial charge in [-0.05, 0) is 31.9 Å². The molecule has 0 amide bonds. The second-order valence-corrected chi connectivity index (χ2v) is 16.1. The van der Waals surface area contributed by atoms with Crippen LogP contribution < -0.4 is 5.19 Å². The van der Waals surface area contributed by atoms with Crippen LogP contribution in [0.1, 0.15) is 71.9 Å². The Kier molecular flexibility index (Phi) is 12.6. The molecule has 0 aliphatic rings. The molecule has 188 valence electrons. The van der Waals surface area contributed by atoms with E-state index in [-0.39, 0.29) is 47.7 Å². The summed E-state index contributed by atoms with van der Waals surface area (Å²) in [6.45, 7) is 21.2. The van der Waals surface area contributed by atoms with Gasteiger partial charge in [0.1, 0.15) is 0 Å². The average molecular weight is 534 g/mol. The summed E-state index contributed by atoms with van der Waals surface area (Å²) in [6.07, 6.45) is 3.57. The van der Waals surface area contributed by atoms with Crippen LogP contribution in [0.3, 0.4) is 0 Å². The van der Waals surface area contributed by atoms with Crippen molar-refractivity contribution in [2.24, 2.45) is 0 Å². The Morgan fingerprint density at radius 2 is 1.59 bits per heavy atom. The number of ether oxygens (including phenoxy) is 1. The van der Waals surface area contributed by atoms with Crippen molar-refractivity contribution in [1.29, 1.82) is 0 Å². The van der Waals surface area contributed by atoms with Crippen LogP contribution in [0.15, 0.2) is 24.3 Å². The Bertz CT molecular complexity index is 1040. The van der Waals surface area contributed by atoms with Crippen molar-refractivity contribution in [2.75, 3.05) is 6.61 Å². The van der Waals surface area contributed by atoms with E-state index < -0.39 is 8.24 Å². The van der Waals surface area contributed by atoms with Gasteiger partial charge in [0.05, 0.1) is 5.60 Å². The van der Waals surface area contributed by atoms with Crippen LogP contribution >= 0.6 is 11.3 Å². The summed E-state index contributed by atoms with van der Waals surface area (Å²) in [6, 6.07) is 10.1. The fourth-order valence-electron chi connectivity index (χ4n) is 4.88. The van der Waals surface area contributed by atoms with Crippen LogP contribution in [-0.4, -0.2) is 26.0 Å². The molecule has 0 aliphatic carbocycles. The largest absolute Gasteiger partial charge is 4.00 e. The van der Waals surface area contributed by atoms with Crippen molar-refractivity contribution < 1.29 is 26.5 Å². The molecule has 0 N–H and O–H groups in total. The molecule has 1 atom stereocenters. The summed E-state index contributed by atoms with van der Waals surface area (Å²) in [5, 5.41) is 4.53. The van der Waals surface area contributed by atoms with Gasteiger partial charge in [0.2, 0.25) is 0 Å². The van der Waals surface area contributed by atoms with Gasteiger partial charge in [-0.25, -0.2) is 11.3 Å². The molecule has 0 bridgehead atoms. The molecule has 5 heteroatoms. The monoisotopic (exact) mass is 533 g/mol. The molecule has 0 radical (unpaired) electrons. The number of aryl methyl sites for hydroxylation is 1. The zero-order chi connectivity index (χ0) is 23.0. The maximum absolute atomic E-state index is 5.93. The second-order valence-electron chi connectivity index (χ2n) is 11.3. The van der Waals surface area contributed by atoms with E-state index in [0.717, 1.165) is 13.0 Å². The van der Waals surface area contributed by atoms with E-state index in [9.17, 15) is 0 Å². The summed E-state index contributed by atoms with van der Waals surface area (Å²) in [4.78, 5) is 5.59. The first-order chi connectivity index (χ1) is 14.3. The van der Waals surface area contributed by atoms with Crippen molar-refractivity contribution in [1.82, 2.24) is 0 Å². The smallest absolute Gasteiger partial charge is 0.663 e. The molecule has 1 unspecified atom stereocenters. The predicted molar refractivity (Wildman–Crippen MR) is 156 cm³/mol. The Morgan fingerprint density at radius 1 is 0.971 bits per heavy atom. The Morgan fingerprint density at radius 3 is 2.18 bits per heavy atom. The molecule has 0 saturated carbocycles. The zero-order valence-electron chi connectivity index (χ0n) is 23.6. The van der Waals surface area contributed by atoms with Gasteiger partial charge in [-0.15, -0.1) is 22.1 Å². The fourth-order valence-corrected chi connectivity index (χ4v) is 10.9. The zero-order valence-corrected chi connectivity index (χ0v) is 27.0. The SMILES string of the molecule is Cc1c(C)[c-]([Si](C)(CCCCCOC(C)(C)C)[N-]C(C)(C)C)c2c1sc1ccccc12.[CH3-].[CH3-].[Ti+4]. The first-order valence-electron chi connectivity index (χ1n) is 11.8. The number of rotatable bonds is 8. The number of unbranched alkanes of at least 4 members (excludes halogenated alkanes) is 2. The standard InChI is InChI=1S/C27H41NOSSi.2CH3.Ti/c1-19-20(2)25(23-21-15-11-12-16-22(21)30-24(19)23)31(9,28-26(3,4)5)18-14-10-13-17-29-27(6,7)8;;;/h11-12,15-16H,10,13-14,17-18H2,1-9H3;2*1H3;/q-2;2*-1;+4. The number of thiophene rings is 1. The maximum Gasteiger partial charge on any atom is 4.00 e. The van der Waals surface area contributed by atoms with Crippen molar-refractivity contribution in [2.45, 2.75) is 98.4 Å². The number of hydrogen-bond donors (Lipinski definition) is 0. The molecule has 2 nitrogen and oxygen atoms in total. The van der Waals surface area contributed by atoms with Gasteiger partial charge >= 0.3 is 21.7 Å². The van der Waals surface area contributed by atoms with Gasteiger partial charge in [-0.1, -0.05) is 103 Å². The first kappa shape index (κ1) is 33.6. The second kappa shape index (κ2) is 12.7. The van der Waals surface area contributed by atoms with Crippen LogP contribution in [-0.2, 0) is 26.5 Å². The van der Waals surface area contributed by atoms with Crippen LogP contribution in [0.2, 0.25) is 12.6 Å². The minimum absolute atomic E-state index is 0. The van der Waals surface area contributed by atoms with Gasteiger partial charge in [0, 0.05) is 6.61 Å². The summed E-state index contributed by atoms with van der Waals surface area (Å²) in [7, 11) is -2.04. The maximum atomic E-state index is 5.93. The van der Waals surface area contributed by atoms with E-state index in [1.54, 1.807) is 5.19 Å². The topological polar surface area (TPSA) is 23.3 Å². The third kappa shape index (κ3) is 7.82. The molecule has 2 aromatic carbocycles. The quantitative estimate of drug-likeness (QED) is 0.161. The van der Waals surface area contributed by atoms with E-state index in [4.69, 9.17) is 9.72 Å². The van der Waals surface area contributed by atoms with Crippen molar-refractivity contribution >= 4 is 44.9 Å². The molecule has 1 heterocycles. The van der Waals surface area contributed by atoms with E-state index >= 15 is 0 Å². The molecule has 0 saturated heterocycles. The number of fused-ring (bicyclic) bond motifs is 3. The van der Waals surface area contributed by atoms with Gasteiger partial charge in [-0.3, -0.25) is 0 Å². The number of nitrogens with zero attached hydrogens (tertiary/aromatic N) is 1. The first-order valence-corrected chi connectivity index (χ1v) is 15.2. The predicted octanol–water partition coefficient (Wildman–Crippen LogP) is 9.23. The molecular weight excluding hydrogens is 486 g/mol. The normalized spacial score (nSPS) is 13.8. The third-order valence-corrected chi connectivity index (χ3v) is 11.6. The van der Waals surface area contributed by atoms with Crippen LogP contribution in [0.25, 0.3) is 25.2 Å². The molecule has 0 fully saturated rings. The van der Waals surface area contributed by atoms with Gasteiger partial charge in [0.25, 0.3) is 0 Å². The van der Waals surface area contributed by atoms with Gasteiger partial charge in [0.15, 0.2) is 0 Å². The number of hydrogen-bond acceptors (Lipinski definition) is 2. The van der Waals surface area contributed by atoms with Gasteiger partial charge in [-0.2, -0.15) is 5.19 Å². The summed E-state index contributed by atoms with van der Waals surface area (Å²) in [5.74, 6) is 0. The van der Waals surface area contributed by atoms with Crippen molar-refractivity contribution in [3.63, 3.8) is 0 Å². The molecule has 34 heavy (non-hydrogen) atoms. The Balaban J connectivity index is 0.00000363. The minimum atomic E-state index is -2.04. The molecular formula is C29H47NOSSiTi. The molecule has 3 rings (SSSR count). The van der Waals surface area contributed by atoms with Crippen LogP contribution in [0.5, 0.6) is 0 Å². The average Bonchev–Trinajstić information content (AvgIpc) is 3.11. The Labute approximate surface area is 230 Å². The summed E-state index contributed by atoms with van der Waals surface area (Å²) < 4.78 is 8.82. The molecule has 0 aliphatic heterocycles. The van der Waals surface area contributed by atoms with Crippen molar-refractivity contribution in [3.8, 4) is 0 Å². The van der Waals surface area contributed by atoms with Crippen LogP contribution in [0, 0.1) is 28.7 Å².